The van der Waals surface area contributed by atoms with Gasteiger partial charge in [-0.2, -0.15) is 0 Å². The standard InChI is InChI=1S/C16H28N2/c1-6-14(3)17-11-15(4)18(5)12-16-9-7-13(2)8-10-16/h7-10,14-15,17H,6,11-12H2,1-5H3. The van der Waals surface area contributed by atoms with Crippen molar-refractivity contribution in [1.29, 1.82) is 0 Å². The van der Waals surface area contributed by atoms with Crippen LogP contribution < -0.4 is 5.32 Å². The number of benzene rings is 1. The molecule has 1 N–H and O–H groups in total. The van der Waals surface area contributed by atoms with Crippen LogP contribution in [0.4, 0.5) is 0 Å². The monoisotopic (exact) mass is 248 g/mol. The molecule has 0 saturated heterocycles. The second-order valence-electron chi connectivity index (χ2n) is 5.47. The molecule has 0 spiro atoms. The topological polar surface area (TPSA) is 15.3 Å². The molecule has 0 heterocycles. The van der Waals surface area contributed by atoms with Crippen LogP contribution in [0.1, 0.15) is 38.3 Å². The van der Waals surface area contributed by atoms with Crippen molar-refractivity contribution < 1.29 is 0 Å². The van der Waals surface area contributed by atoms with Crippen molar-refractivity contribution in [3.63, 3.8) is 0 Å². The molecular weight excluding hydrogens is 220 g/mol. The highest BCUT2D eigenvalue weighted by molar-refractivity contribution is 5.21. The van der Waals surface area contributed by atoms with E-state index in [0.29, 0.717) is 12.1 Å². The van der Waals surface area contributed by atoms with Gasteiger partial charge in [-0.3, -0.25) is 4.90 Å². The van der Waals surface area contributed by atoms with Gasteiger partial charge in [-0.1, -0.05) is 36.8 Å². The molecule has 0 aliphatic carbocycles. The van der Waals surface area contributed by atoms with Crippen molar-refractivity contribution in [3.8, 4) is 0 Å². The summed E-state index contributed by atoms with van der Waals surface area (Å²) >= 11 is 0. The van der Waals surface area contributed by atoms with E-state index in [9.17, 15) is 0 Å². The third-order valence-corrected chi connectivity index (χ3v) is 3.68. The lowest BCUT2D eigenvalue weighted by atomic mass is 10.1. The summed E-state index contributed by atoms with van der Waals surface area (Å²) in [5.74, 6) is 0. The van der Waals surface area contributed by atoms with Crippen LogP contribution in [0.3, 0.4) is 0 Å². The Morgan fingerprint density at radius 3 is 2.33 bits per heavy atom. The van der Waals surface area contributed by atoms with Gasteiger partial charge in [0.05, 0.1) is 0 Å². The van der Waals surface area contributed by atoms with Gasteiger partial charge in [-0.05, 0) is 39.8 Å². The SMILES string of the molecule is CCC(C)NCC(C)N(C)Cc1ccc(C)cc1. The third kappa shape index (κ3) is 5.19. The van der Waals surface area contributed by atoms with Crippen LogP contribution in [-0.2, 0) is 6.54 Å². The quantitative estimate of drug-likeness (QED) is 0.797. The van der Waals surface area contributed by atoms with E-state index in [-0.39, 0.29) is 0 Å². The second kappa shape index (κ2) is 7.55. The van der Waals surface area contributed by atoms with Crippen molar-refractivity contribution in [3.05, 3.63) is 35.4 Å². The number of likely N-dealkylation sites (N-methyl/N-ethyl adjacent to an activating group) is 1. The van der Waals surface area contributed by atoms with E-state index < -0.39 is 0 Å². The highest BCUT2D eigenvalue weighted by Crippen LogP contribution is 2.08. The van der Waals surface area contributed by atoms with Crippen LogP contribution in [0.25, 0.3) is 0 Å². The van der Waals surface area contributed by atoms with Gasteiger partial charge in [0.2, 0.25) is 0 Å². The van der Waals surface area contributed by atoms with Crippen LogP contribution in [0, 0.1) is 6.92 Å². The summed E-state index contributed by atoms with van der Waals surface area (Å²) < 4.78 is 0. The highest BCUT2D eigenvalue weighted by atomic mass is 15.1. The third-order valence-electron chi connectivity index (χ3n) is 3.68. The van der Waals surface area contributed by atoms with E-state index in [1.807, 2.05) is 0 Å². The first-order valence-corrected chi connectivity index (χ1v) is 7.02. The smallest absolute Gasteiger partial charge is 0.0234 e. The van der Waals surface area contributed by atoms with Gasteiger partial charge in [-0.25, -0.2) is 0 Å². The average Bonchev–Trinajstić information content (AvgIpc) is 2.38. The highest BCUT2D eigenvalue weighted by Gasteiger charge is 2.10. The van der Waals surface area contributed by atoms with E-state index in [1.54, 1.807) is 0 Å². The summed E-state index contributed by atoms with van der Waals surface area (Å²) in [4.78, 5) is 2.40. The Hall–Kier alpha value is -0.860. The van der Waals surface area contributed by atoms with Crippen molar-refractivity contribution in [2.24, 2.45) is 0 Å². The Morgan fingerprint density at radius 2 is 1.78 bits per heavy atom. The lowest BCUT2D eigenvalue weighted by Gasteiger charge is -2.26. The Bertz CT molecular complexity index is 331. The van der Waals surface area contributed by atoms with Gasteiger partial charge in [0.15, 0.2) is 0 Å². The molecule has 0 aliphatic rings. The molecular formula is C16H28N2. The van der Waals surface area contributed by atoms with Crippen LogP contribution in [0.15, 0.2) is 24.3 Å². The molecule has 1 aromatic rings. The number of aryl methyl sites for hydroxylation is 1. The number of nitrogens with one attached hydrogen (secondary N) is 1. The minimum Gasteiger partial charge on any atom is -0.313 e. The molecule has 1 rings (SSSR count). The van der Waals surface area contributed by atoms with Gasteiger partial charge >= 0.3 is 0 Å². The Kier molecular flexibility index (Phi) is 6.37. The van der Waals surface area contributed by atoms with E-state index in [1.165, 1.54) is 17.5 Å². The number of nitrogens with zero attached hydrogens (tertiary/aromatic N) is 1. The molecule has 0 radical (unpaired) electrons. The minimum absolute atomic E-state index is 0.556. The first-order chi connectivity index (χ1) is 8.52. The molecule has 2 nitrogen and oxygen atoms in total. The fraction of sp³-hybridized carbons (Fsp3) is 0.625. The molecule has 0 bridgehead atoms. The van der Waals surface area contributed by atoms with E-state index in [0.717, 1.165) is 13.1 Å². The van der Waals surface area contributed by atoms with Crippen molar-refractivity contribution in [2.75, 3.05) is 13.6 Å². The van der Waals surface area contributed by atoms with Crippen molar-refractivity contribution in [1.82, 2.24) is 10.2 Å². The largest absolute Gasteiger partial charge is 0.313 e. The molecule has 2 unspecified atom stereocenters. The zero-order chi connectivity index (χ0) is 13.5. The second-order valence-corrected chi connectivity index (χ2v) is 5.47. The number of hydrogen-bond donors (Lipinski definition) is 1. The molecule has 0 aromatic heterocycles. The summed E-state index contributed by atoms with van der Waals surface area (Å²) in [5, 5.41) is 3.57. The molecule has 0 saturated carbocycles. The summed E-state index contributed by atoms with van der Waals surface area (Å²) in [6.07, 6.45) is 1.19. The molecule has 18 heavy (non-hydrogen) atoms. The lowest BCUT2D eigenvalue weighted by molar-refractivity contribution is 0.237. The normalized spacial score (nSPS) is 14.8. The van der Waals surface area contributed by atoms with Gasteiger partial charge in [0.25, 0.3) is 0 Å². The van der Waals surface area contributed by atoms with Gasteiger partial charge in [-0.15, -0.1) is 0 Å². The van der Waals surface area contributed by atoms with E-state index >= 15 is 0 Å². The maximum Gasteiger partial charge on any atom is 0.0234 e. The zero-order valence-corrected chi connectivity index (χ0v) is 12.5. The van der Waals surface area contributed by atoms with Crippen LogP contribution >= 0.6 is 0 Å². The summed E-state index contributed by atoms with van der Waals surface area (Å²) in [5.41, 5.74) is 2.71. The molecule has 1 aromatic carbocycles. The summed E-state index contributed by atoms with van der Waals surface area (Å²) in [7, 11) is 2.20. The molecule has 2 atom stereocenters. The van der Waals surface area contributed by atoms with Crippen LogP contribution in [0.5, 0.6) is 0 Å². The summed E-state index contributed by atoms with van der Waals surface area (Å²) in [6.45, 7) is 10.9. The zero-order valence-electron chi connectivity index (χ0n) is 12.5. The predicted octanol–water partition coefficient (Wildman–Crippen LogP) is 3.20. The van der Waals surface area contributed by atoms with Gasteiger partial charge < -0.3 is 5.32 Å². The average molecular weight is 248 g/mol. The molecule has 102 valence electrons. The number of rotatable bonds is 7. The van der Waals surface area contributed by atoms with Crippen molar-refractivity contribution in [2.45, 2.75) is 52.7 Å². The maximum atomic E-state index is 3.57. The van der Waals surface area contributed by atoms with E-state index in [2.05, 4.69) is 69.2 Å². The van der Waals surface area contributed by atoms with Gasteiger partial charge in [0, 0.05) is 25.2 Å². The first-order valence-electron chi connectivity index (χ1n) is 7.02. The molecule has 0 aliphatic heterocycles. The summed E-state index contributed by atoms with van der Waals surface area (Å²) in [6, 6.07) is 9.98. The fourth-order valence-corrected chi connectivity index (χ4v) is 1.81. The van der Waals surface area contributed by atoms with Gasteiger partial charge in [0.1, 0.15) is 0 Å². The Labute approximate surface area is 112 Å². The van der Waals surface area contributed by atoms with Crippen LogP contribution in [-0.4, -0.2) is 30.6 Å². The Balaban J connectivity index is 2.39. The van der Waals surface area contributed by atoms with Crippen molar-refractivity contribution >= 4 is 0 Å². The lowest BCUT2D eigenvalue weighted by Crippen LogP contribution is -2.40. The van der Waals surface area contributed by atoms with Crippen LogP contribution in [0.2, 0.25) is 0 Å². The Morgan fingerprint density at radius 1 is 1.17 bits per heavy atom. The molecule has 0 amide bonds. The fourth-order valence-electron chi connectivity index (χ4n) is 1.81. The predicted molar refractivity (Wildman–Crippen MR) is 79.9 cm³/mol. The first kappa shape index (κ1) is 15.2. The molecule has 0 fully saturated rings. The maximum absolute atomic E-state index is 3.57. The number of hydrogen-bond acceptors (Lipinski definition) is 2. The molecule has 2 heteroatoms. The van der Waals surface area contributed by atoms with E-state index in [4.69, 9.17) is 0 Å². The minimum atomic E-state index is 0.556.